The van der Waals surface area contributed by atoms with Gasteiger partial charge in [-0.05, 0) is 75.4 Å². The second kappa shape index (κ2) is 9.25. The van der Waals surface area contributed by atoms with Gasteiger partial charge < -0.3 is 21.1 Å². The van der Waals surface area contributed by atoms with Crippen molar-refractivity contribution in [3.63, 3.8) is 0 Å². The number of ketones is 2. The number of hydrogen-bond donors (Lipinski definition) is 4. The first-order chi connectivity index (χ1) is 17.5. The molecule has 1 saturated carbocycles. The van der Waals surface area contributed by atoms with Crippen molar-refractivity contribution in [3.8, 4) is 5.75 Å². The Hall–Kier alpha value is -3.24. The molecule has 3 aliphatic carbocycles. The molecule has 1 heterocycles. The fourth-order valence-electron chi connectivity index (χ4n) is 6.86. The van der Waals surface area contributed by atoms with Gasteiger partial charge in [-0.15, -0.1) is 0 Å². The average Bonchev–Trinajstić information content (AvgIpc) is 2.80. The molecule has 0 aromatic heterocycles. The Morgan fingerprint density at radius 3 is 2.57 bits per heavy atom. The summed E-state index contributed by atoms with van der Waals surface area (Å²) in [5.41, 5.74) is 6.55. The third-order valence-electron chi connectivity index (χ3n) is 8.39. The Morgan fingerprint density at radius 2 is 1.92 bits per heavy atom. The molecule has 5 N–H and O–H groups in total. The smallest absolute Gasteiger partial charge is 0.255 e. The minimum absolute atomic E-state index is 0.0547. The molecule has 5 atom stereocenters. The zero-order valence-corrected chi connectivity index (χ0v) is 20.9. The fourth-order valence-corrected chi connectivity index (χ4v) is 6.86. The van der Waals surface area contributed by atoms with Crippen LogP contribution in [0.3, 0.4) is 0 Å². The highest BCUT2D eigenvalue weighted by atomic mass is 19.1. The van der Waals surface area contributed by atoms with Gasteiger partial charge in [-0.3, -0.25) is 24.2 Å². The van der Waals surface area contributed by atoms with E-state index in [0.717, 1.165) is 18.5 Å². The van der Waals surface area contributed by atoms with Crippen molar-refractivity contribution in [1.29, 1.82) is 0 Å². The lowest BCUT2D eigenvalue weighted by molar-refractivity contribution is -0.136. The van der Waals surface area contributed by atoms with Crippen LogP contribution in [0.4, 0.5) is 4.39 Å². The van der Waals surface area contributed by atoms with Crippen LogP contribution in [0.15, 0.2) is 29.0 Å². The third-order valence-corrected chi connectivity index (χ3v) is 8.39. The van der Waals surface area contributed by atoms with Crippen molar-refractivity contribution < 1.29 is 34.1 Å². The van der Waals surface area contributed by atoms with E-state index in [4.69, 9.17) is 5.73 Å². The van der Waals surface area contributed by atoms with Crippen molar-refractivity contribution >= 4 is 23.2 Å². The molecular weight excluding hydrogens is 481 g/mol. The Morgan fingerprint density at radius 1 is 1.19 bits per heavy atom. The Bertz CT molecular complexity index is 1250. The van der Waals surface area contributed by atoms with Gasteiger partial charge in [-0.1, -0.05) is 6.07 Å². The molecule has 1 aromatic carbocycles. The molecule has 1 aromatic rings. The second-order valence-corrected chi connectivity index (χ2v) is 10.9. The van der Waals surface area contributed by atoms with Gasteiger partial charge in [0.25, 0.3) is 5.91 Å². The summed E-state index contributed by atoms with van der Waals surface area (Å²) in [5.74, 6) is -5.92. The van der Waals surface area contributed by atoms with Crippen molar-refractivity contribution in [3.05, 3.63) is 45.7 Å². The number of piperidine rings is 1. The van der Waals surface area contributed by atoms with Crippen molar-refractivity contribution in [2.24, 2.45) is 23.5 Å². The monoisotopic (exact) mass is 513 g/mol. The van der Waals surface area contributed by atoms with Gasteiger partial charge in [-0.25, -0.2) is 4.39 Å². The topological polar surface area (TPSA) is 144 Å². The first kappa shape index (κ1) is 25.4. The molecule has 1 aliphatic heterocycles. The van der Waals surface area contributed by atoms with Gasteiger partial charge in [0.2, 0.25) is 0 Å². The number of amides is 1. The normalized spacial score (nSPS) is 30.3. The van der Waals surface area contributed by atoms with E-state index in [-0.39, 0.29) is 22.6 Å². The lowest BCUT2D eigenvalue weighted by atomic mass is 9.59. The maximum atomic E-state index is 14.0. The number of carbonyl (C=O) groups excluding carboxylic acids is 3. The molecule has 9 nitrogen and oxygen atoms in total. The highest BCUT2D eigenvalue weighted by Gasteiger charge is 2.55. The quantitative estimate of drug-likeness (QED) is 0.352. The van der Waals surface area contributed by atoms with E-state index < -0.39 is 58.8 Å². The molecule has 0 spiro atoms. The number of hydrogen-bond acceptors (Lipinski definition) is 8. The number of likely N-dealkylation sites (N-methyl/N-ethyl adjacent to an activating group) is 1. The number of likely N-dealkylation sites (tertiary alicyclic amines) is 1. The second-order valence-electron chi connectivity index (χ2n) is 10.9. The minimum atomic E-state index is -1.28. The van der Waals surface area contributed by atoms with Crippen LogP contribution in [0.1, 0.15) is 36.0 Å². The summed E-state index contributed by atoms with van der Waals surface area (Å²) in [6.45, 7) is 1.51. The van der Waals surface area contributed by atoms with E-state index in [2.05, 4.69) is 0 Å². The van der Waals surface area contributed by atoms with Crippen LogP contribution in [0.5, 0.6) is 5.75 Å². The number of primary amides is 1. The highest BCUT2D eigenvalue weighted by Crippen LogP contribution is 2.50. The maximum absolute atomic E-state index is 14.0. The maximum Gasteiger partial charge on any atom is 0.255 e. The zero-order valence-electron chi connectivity index (χ0n) is 20.9. The Kier molecular flexibility index (Phi) is 6.35. The first-order valence-corrected chi connectivity index (χ1v) is 12.6. The van der Waals surface area contributed by atoms with Crippen LogP contribution in [0.25, 0.3) is 5.76 Å². The number of aromatic hydroxyl groups is 1. The van der Waals surface area contributed by atoms with Crippen LogP contribution < -0.4 is 5.73 Å². The standard InChI is InChI=1S/C27H32FN3O6/c1-30(2)22-16-9-13-8-15-12(10-31-7-3-4-14(28)11-31)5-6-17(32)19(15)23(33)18(13)24(34)20(16)25(35)21(26(22)36)27(29)37/h5-6,13-14,16,20,22,32-33,36H,3-4,7-11H2,1-2H3,(H2,29,37)/t13?,14?,16?,20?,22-/m0/s1. The molecule has 4 unspecified atom stereocenters. The lowest BCUT2D eigenvalue weighted by Crippen LogP contribution is -2.55. The number of Topliss-reactive ketones (excluding diaryl/α,β-unsaturated/α-hetero) is 2. The summed E-state index contributed by atoms with van der Waals surface area (Å²) in [6.07, 6.45) is 1.02. The number of allylic oxidation sites excluding steroid dienone is 1. The van der Waals surface area contributed by atoms with Gasteiger partial charge in [0.05, 0.1) is 17.5 Å². The number of aliphatic hydroxyl groups excluding tert-OH is 2. The summed E-state index contributed by atoms with van der Waals surface area (Å²) in [6, 6.07) is 2.44. The molecular formula is C27H32FN3O6. The van der Waals surface area contributed by atoms with Crippen molar-refractivity contribution in [2.75, 3.05) is 27.2 Å². The number of halogens is 1. The number of benzene rings is 1. The number of alkyl halides is 1. The van der Waals surface area contributed by atoms with Crippen LogP contribution in [-0.4, -0.2) is 82.0 Å². The highest BCUT2D eigenvalue weighted by molar-refractivity contribution is 6.28. The molecule has 2 fully saturated rings. The summed E-state index contributed by atoms with van der Waals surface area (Å²) in [7, 11) is 3.37. The Labute approximate surface area is 214 Å². The predicted octanol–water partition coefficient (Wildman–Crippen LogP) is 1.78. The number of nitrogens with zero attached hydrogens (tertiary/aromatic N) is 2. The van der Waals surface area contributed by atoms with Crippen molar-refractivity contribution in [2.45, 2.75) is 44.4 Å². The SMILES string of the molecule is CN(C)[C@@H]1C(O)=C(C(N)=O)C(=O)C2C(=O)C3=C(O)c4c(O)ccc(CN5CCCC(F)C5)c4CC3CC21. The van der Waals surface area contributed by atoms with Gasteiger partial charge in [-0.2, -0.15) is 0 Å². The fraction of sp³-hybridized carbons (Fsp3) is 0.519. The third kappa shape index (κ3) is 4.02. The van der Waals surface area contributed by atoms with Crippen LogP contribution in [0, 0.1) is 17.8 Å². The van der Waals surface area contributed by atoms with Crippen LogP contribution in [-0.2, 0) is 27.3 Å². The van der Waals surface area contributed by atoms with E-state index in [0.29, 0.717) is 37.9 Å². The number of aliphatic hydroxyl groups is 2. The minimum Gasteiger partial charge on any atom is -0.510 e. The summed E-state index contributed by atoms with van der Waals surface area (Å²) < 4.78 is 14.0. The van der Waals surface area contributed by atoms with E-state index in [1.54, 1.807) is 25.1 Å². The van der Waals surface area contributed by atoms with E-state index in [9.17, 15) is 34.1 Å². The van der Waals surface area contributed by atoms with Crippen LogP contribution >= 0.6 is 0 Å². The van der Waals surface area contributed by atoms with E-state index in [1.807, 2.05) is 4.90 Å². The van der Waals surface area contributed by atoms with Crippen molar-refractivity contribution in [1.82, 2.24) is 9.80 Å². The molecule has 37 heavy (non-hydrogen) atoms. The molecule has 0 radical (unpaired) electrons. The number of nitrogens with two attached hydrogens (primary N) is 1. The zero-order chi connectivity index (χ0) is 26.8. The molecule has 5 rings (SSSR count). The number of carbonyl (C=O) groups is 3. The molecule has 10 heteroatoms. The average molecular weight is 514 g/mol. The largest absolute Gasteiger partial charge is 0.510 e. The van der Waals surface area contributed by atoms with Crippen LogP contribution in [0.2, 0.25) is 0 Å². The molecule has 0 bridgehead atoms. The number of phenols is 1. The summed E-state index contributed by atoms with van der Waals surface area (Å²) in [5, 5.41) is 32.8. The predicted molar refractivity (Wildman–Crippen MR) is 132 cm³/mol. The van der Waals surface area contributed by atoms with Gasteiger partial charge in [0, 0.05) is 18.7 Å². The lowest BCUT2D eigenvalue weighted by Gasteiger charge is -2.46. The van der Waals surface area contributed by atoms with Gasteiger partial charge in [0.15, 0.2) is 11.6 Å². The van der Waals surface area contributed by atoms with E-state index >= 15 is 0 Å². The molecule has 4 aliphatic rings. The molecule has 1 amide bonds. The van der Waals surface area contributed by atoms with E-state index in [1.165, 1.54) is 6.07 Å². The van der Waals surface area contributed by atoms with Gasteiger partial charge >= 0.3 is 0 Å². The molecule has 1 saturated heterocycles. The van der Waals surface area contributed by atoms with Gasteiger partial charge in [0.1, 0.15) is 29.0 Å². The molecule has 198 valence electrons. The number of phenolic OH excluding ortho intramolecular Hbond substituents is 1. The Balaban J connectivity index is 1.58. The summed E-state index contributed by atoms with van der Waals surface area (Å²) in [4.78, 5) is 42.7. The summed E-state index contributed by atoms with van der Waals surface area (Å²) >= 11 is 0. The number of fused-ring (bicyclic) bond motifs is 3. The number of rotatable bonds is 4. The first-order valence-electron chi connectivity index (χ1n) is 12.6.